The monoisotopic (exact) mass is 378 g/mol. The molecule has 2 fully saturated rings. The molecule has 0 aliphatic carbocycles. The standard InChI is InChI=1S/C19H22N8O/c1-13-10-28-7-6-26(13)17-8-15(19(11-20)3-5-21-12-19)14-9-23-27(18(14)24-17)16-2-4-22-25-16/h2,4,8-9,13,21H,3,5-7,10,12H2,1H3,(H,22,25)/t13-,19+/m1/s1. The number of nitrogens with one attached hydrogen (secondary N) is 2. The maximum atomic E-state index is 10.1. The van der Waals surface area contributed by atoms with Crippen LogP contribution in [0.1, 0.15) is 18.9 Å². The molecule has 144 valence electrons. The number of fused-ring (bicyclic) bond motifs is 1. The van der Waals surface area contributed by atoms with Crippen LogP contribution in [-0.4, -0.2) is 63.9 Å². The zero-order valence-corrected chi connectivity index (χ0v) is 15.7. The van der Waals surface area contributed by atoms with Gasteiger partial charge < -0.3 is 15.0 Å². The van der Waals surface area contributed by atoms with Crippen LogP contribution in [0.4, 0.5) is 5.82 Å². The first-order valence-corrected chi connectivity index (χ1v) is 9.57. The third-order valence-corrected chi connectivity index (χ3v) is 5.79. The van der Waals surface area contributed by atoms with Crippen LogP contribution in [0.3, 0.4) is 0 Å². The Morgan fingerprint density at radius 1 is 1.43 bits per heavy atom. The van der Waals surface area contributed by atoms with Gasteiger partial charge in [0.1, 0.15) is 5.82 Å². The molecule has 2 saturated heterocycles. The first-order chi connectivity index (χ1) is 13.7. The van der Waals surface area contributed by atoms with E-state index >= 15 is 0 Å². The fourth-order valence-electron chi connectivity index (χ4n) is 4.22. The molecule has 0 amide bonds. The summed E-state index contributed by atoms with van der Waals surface area (Å²) in [7, 11) is 0. The molecule has 2 atom stereocenters. The predicted octanol–water partition coefficient (Wildman–Crippen LogP) is 1.12. The molecule has 0 unspecified atom stereocenters. The fraction of sp³-hybridized carbons (Fsp3) is 0.474. The van der Waals surface area contributed by atoms with Crippen molar-refractivity contribution in [3.8, 4) is 11.9 Å². The number of aromatic amines is 1. The van der Waals surface area contributed by atoms with Crippen molar-refractivity contribution >= 4 is 16.9 Å². The van der Waals surface area contributed by atoms with Gasteiger partial charge in [-0.1, -0.05) is 0 Å². The van der Waals surface area contributed by atoms with Gasteiger partial charge in [0, 0.05) is 24.5 Å². The molecule has 0 bridgehead atoms. The van der Waals surface area contributed by atoms with Gasteiger partial charge in [0.15, 0.2) is 11.5 Å². The Morgan fingerprint density at radius 3 is 3.07 bits per heavy atom. The molecule has 9 heteroatoms. The first-order valence-electron chi connectivity index (χ1n) is 9.57. The molecule has 2 N–H and O–H groups in total. The van der Waals surface area contributed by atoms with Gasteiger partial charge in [0.05, 0.1) is 43.1 Å². The number of aromatic nitrogens is 5. The summed E-state index contributed by atoms with van der Waals surface area (Å²) in [6.07, 6.45) is 4.27. The molecule has 3 aromatic heterocycles. The first kappa shape index (κ1) is 17.2. The normalized spacial score (nSPS) is 25.3. The summed E-state index contributed by atoms with van der Waals surface area (Å²) in [5.41, 5.74) is 1.15. The van der Waals surface area contributed by atoms with E-state index < -0.39 is 5.41 Å². The molecule has 2 aliphatic heterocycles. The van der Waals surface area contributed by atoms with Crippen molar-refractivity contribution in [1.29, 1.82) is 5.26 Å². The third kappa shape index (κ3) is 2.57. The molecular weight excluding hydrogens is 356 g/mol. The van der Waals surface area contributed by atoms with Crippen LogP contribution >= 0.6 is 0 Å². The highest BCUT2D eigenvalue weighted by Crippen LogP contribution is 2.37. The summed E-state index contributed by atoms with van der Waals surface area (Å²) in [5.74, 6) is 1.61. The van der Waals surface area contributed by atoms with Crippen LogP contribution in [0.15, 0.2) is 24.5 Å². The van der Waals surface area contributed by atoms with E-state index in [1.54, 1.807) is 10.9 Å². The van der Waals surface area contributed by atoms with E-state index in [0.29, 0.717) is 19.8 Å². The van der Waals surface area contributed by atoms with E-state index in [1.165, 1.54) is 0 Å². The Balaban J connectivity index is 1.75. The van der Waals surface area contributed by atoms with E-state index in [4.69, 9.17) is 9.72 Å². The Morgan fingerprint density at radius 2 is 2.36 bits per heavy atom. The Bertz CT molecular complexity index is 1030. The van der Waals surface area contributed by atoms with Gasteiger partial charge in [-0.25, -0.2) is 4.98 Å². The molecule has 9 nitrogen and oxygen atoms in total. The minimum Gasteiger partial charge on any atom is -0.377 e. The molecule has 3 aromatic rings. The largest absolute Gasteiger partial charge is 0.377 e. The third-order valence-electron chi connectivity index (χ3n) is 5.79. The molecule has 5 heterocycles. The number of pyridine rings is 1. The van der Waals surface area contributed by atoms with Crippen molar-refractivity contribution in [3.05, 3.63) is 30.1 Å². The number of ether oxygens (including phenoxy) is 1. The van der Waals surface area contributed by atoms with Crippen molar-refractivity contribution in [2.45, 2.75) is 24.8 Å². The lowest BCUT2D eigenvalue weighted by molar-refractivity contribution is 0.0985. The number of morpholine rings is 1. The van der Waals surface area contributed by atoms with Gasteiger partial charge in [0.25, 0.3) is 0 Å². The van der Waals surface area contributed by atoms with Gasteiger partial charge in [0.2, 0.25) is 0 Å². The highest BCUT2D eigenvalue weighted by atomic mass is 16.5. The molecule has 0 radical (unpaired) electrons. The smallest absolute Gasteiger partial charge is 0.167 e. The lowest BCUT2D eigenvalue weighted by Gasteiger charge is -2.35. The number of hydrogen-bond acceptors (Lipinski definition) is 7. The highest BCUT2D eigenvalue weighted by Gasteiger charge is 2.39. The van der Waals surface area contributed by atoms with Crippen LogP contribution in [0.2, 0.25) is 0 Å². The average Bonchev–Trinajstić information content (AvgIpc) is 3.47. The SMILES string of the molecule is C[C@@H]1COCCN1c1cc([C@]2(C#N)CCNC2)c2cnn(-c3ccn[nH]3)c2n1. The minimum absolute atomic E-state index is 0.217. The van der Waals surface area contributed by atoms with Crippen LogP contribution in [0.5, 0.6) is 0 Å². The molecular formula is C19H22N8O. The van der Waals surface area contributed by atoms with E-state index in [-0.39, 0.29) is 6.04 Å². The van der Waals surface area contributed by atoms with E-state index in [0.717, 1.165) is 47.7 Å². The average molecular weight is 378 g/mol. The zero-order chi connectivity index (χ0) is 19.1. The number of anilines is 1. The summed E-state index contributed by atoms with van der Waals surface area (Å²) in [4.78, 5) is 7.21. The molecule has 0 aromatic carbocycles. The number of nitrogens with zero attached hydrogens (tertiary/aromatic N) is 6. The van der Waals surface area contributed by atoms with Crippen LogP contribution in [0, 0.1) is 11.3 Å². The summed E-state index contributed by atoms with van der Waals surface area (Å²) < 4.78 is 7.35. The Labute approximate surface area is 162 Å². The fourth-order valence-corrected chi connectivity index (χ4v) is 4.22. The minimum atomic E-state index is -0.576. The maximum Gasteiger partial charge on any atom is 0.167 e. The van der Waals surface area contributed by atoms with Crippen molar-refractivity contribution < 1.29 is 4.74 Å². The summed E-state index contributed by atoms with van der Waals surface area (Å²) in [6, 6.07) is 6.74. The number of hydrogen-bond donors (Lipinski definition) is 2. The van der Waals surface area contributed by atoms with Gasteiger partial charge in [-0.05, 0) is 31.5 Å². The van der Waals surface area contributed by atoms with Crippen LogP contribution in [-0.2, 0) is 10.2 Å². The van der Waals surface area contributed by atoms with Gasteiger partial charge >= 0.3 is 0 Å². The zero-order valence-electron chi connectivity index (χ0n) is 15.7. The molecule has 0 spiro atoms. The lowest BCUT2D eigenvalue weighted by atomic mass is 9.80. The van der Waals surface area contributed by atoms with Crippen molar-refractivity contribution in [1.82, 2.24) is 30.3 Å². The van der Waals surface area contributed by atoms with Crippen LogP contribution in [0.25, 0.3) is 16.9 Å². The topological polar surface area (TPSA) is 108 Å². The predicted molar refractivity (Wildman–Crippen MR) is 103 cm³/mol. The highest BCUT2D eigenvalue weighted by molar-refractivity contribution is 5.84. The molecule has 5 rings (SSSR count). The summed E-state index contributed by atoms with van der Waals surface area (Å²) in [6.45, 7) is 5.71. The second kappa shape index (κ2) is 6.58. The summed E-state index contributed by atoms with van der Waals surface area (Å²) in [5, 5.41) is 25.9. The summed E-state index contributed by atoms with van der Waals surface area (Å²) >= 11 is 0. The second-order valence-electron chi connectivity index (χ2n) is 7.50. The van der Waals surface area contributed by atoms with Crippen LogP contribution < -0.4 is 10.2 Å². The Kier molecular flexibility index (Phi) is 4.03. The van der Waals surface area contributed by atoms with Crippen molar-refractivity contribution in [2.75, 3.05) is 37.7 Å². The maximum absolute atomic E-state index is 10.1. The van der Waals surface area contributed by atoms with Crippen molar-refractivity contribution in [3.63, 3.8) is 0 Å². The lowest BCUT2D eigenvalue weighted by Crippen LogP contribution is -2.44. The van der Waals surface area contributed by atoms with Crippen molar-refractivity contribution in [2.24, 2.45) is 0 Å². The second-order valence-corrected chi connectivity index (χ2v) is 7.50. The quantitative estimate of drug-likeness (QED) is 0.703. The number of H-pyrrole nitrogens is 1. The van der Waals surface area contributed by atoms with E-state index in [2.05, 4.69) is 44.6 Å². The van der Waals surface area contributed by atoms with Gasteiger partial charge in [-0.3, -0.25) is 5.10 Å². The number of rotatable bonds is 3. The number of nitriles is 1. The van der Waals surface area contributed by atoms with Gasteiger partial charge in [-0.15, -0.1) is 0 Å². The molecule has 28 heavy (non-hydrogen) atoms. The Hall–Kier alpha value is -2.96. The van der Waals surface area contributed by atoms with E-state index in [1.807, 2.05) is 12.3 Å². The van der Waals surface area contributed by atoms with Gasteiger partial charge in [-0.2, -0.15) is 20.1 Å². The molecule has 2 aliphatic rings. The molecule has 0 saturated carbocycles. The van der Waals surface area contributed by atoms with E-state index in [9.17, 15) is 5.26 Å².